The molecule has 0 saturated heterocycles. The molecule has 12 heavy (non-hydrogen) atoms. The van der Waals surface area contributed by atoms with Gasteiger partial charge in [-0.2, -0.15) is 0 Å². The average molecular weight is 168 g/mol. The minimum Gasteiger partial charge on any atom is -0.389 e. The second-order valence-corrected chi connectivity index (χ2v) is 4.57. The van der Waals surface area contributed by atoms with Crippen molar-refractivity contribution in [3.8, 4) is 0 Å². The molecule has 1 nitrogen and oxygen atoms in total. The first-order valence-corrected chi connectivity index (χ1v) is 4.78. The van der Waals surface area contributed by atoms with Gasteiger partial charge in [0.05, 0.1) is 5.60 Å². The molecule has 0 aromatic rings. The van der Waals surface area contributed by atoms with Crippen molar-refractivity contribution in [2.45, 2.75) is 46.6 Å². The molecule has 70 valence electrons. The molecule has 1 rings (SSSR count). The molecule has 1 N–H and O–H groups in total. The van der Waals surface area contributed by atoms with E-state index in [4.69, 9.17) is 0 Å². The predicted molar refractivity (Wildman–Crippen MR) is 51.9 cm³/mol. The van der Waals surface area contributed by atoms with E-state index in [1.807, 2.05) is 0 Å². The van der Waals surface area contributed by atoms with Gasteiger partial charge < -0.3 is 5.11 Å². The smallest absolute Gasteiger partial charge is 0.0770 e. The Bertz CT molecular complexity index is 211. The molecule has 0 aromatic carbocycles. The Balaban J connectivity index is 2.78. The van der Waals surface area contributed by atoms with Crippen LogP contribution in [0.4, 0.5) is 0 Å². The number of allylic oxidation sites excluding steroid dienone is 1. The SMILES string of the molecule is CC(C)=C1CC(O)(C(C)C)C1C. The number of hydrogen-bond acceptors (Lipinski definition) is 1. The van der Waals surface area contributed by atoms with Crippen molar-refractivity contribution < 1.29 is 5.11 Å². The van der Waals surface area contributed by atoms with Gasteiger partial charge in [0.1, 0.15) is 0 Å². The van der Waals surface area contributed by atoms with Crippen molar-refractivity contribution in [3.05, 3.63) is 11.1 Å². The van der Waals surface area contributed by atoms with Crippen molar-refractivity contribution in [3.63, 3.8) is 0 Å². The van der Waals surface area contributed by atoms with Crippen molar-refractivity contribution in [2.24, 2.45) is 11.8 Å². The molecule has 2 atom stereocenters. The van der Waals surface area contributed by atoms with Crippen molar-refractivity contribution in [1.29, 1.82) is 0 Å². The zero-order valence-electron chi connectivity index (χ0n) is 8.81. The lowest BCUT2D eigenvalue weighted by molar-refractivity contribution is -0.0832. The highest BCUT2D eigenvalue weighted by Crippen LogP contribution is 2.48. The van der Waals surface area contributed by atoms with Crippen LogP contribution in [0.15, 0.2) is 11.1 Å². The van der Waals surface area contributed by atoms with Gasteiger partial charge in [-0.3, -0.25) is 0 Å². The van der Waals surface area contributed by atoms with Crippen LogP contribution < -0.4 is 0 Å². The lowest BCUT2D eigenvalue weighted by atomic mass is 9.60. The van der Waals surface area contributed by atoms with Crippen molar-refractivity contribution >= 4 is 0 Å². The van der Waals surface area contributed by atoms with Gasteiger partial charge in [0.15, 0.2) is 0 Å². The highest BCUT2D eigenvalue weighted by molar-refractivity contribution is 5.29. The van der Waals surface area contributed by atoms with Crippen molar-refractivity contribution in [2.75, 3.05) is 0 Å². The van der Waals surface area contributed by atoms with Crippen LogP contribution in [0.25, 0.3) is 0 Å². The third kappa shape index (κ3) is 1.20. The maximum Gasteiger partial charge on any atom is 0.0770 e. The summed E-state index contributed by atoms with van der Waals surface area (Å²) in [6.45, 7) is 10.6. The molecule has 0 spiro atoms. The molecule has 0 amide bonds. The van der Waals surface area contributed by atoms with E-state index >= 15 is 0 Å². The normalized spacial score (nSPS) is 35.2. The Kier molecular flexibility index (Phi) is 2.35. The van der Waals surface area contributed by atoms with Gasteiger partial charge in [-0.15, -0.1) is 0 Å². The number of rotatable bonds is 1. The predicted octanol–water partition coefficient (Wildman–Crippen LogP) is 2.75. The lowest BCUT2D eigenvalue weighted by Crippen LogP contribution is -2.52. The minimum absolute atomic E-state index is 0.363. The van der Waals surface area contributed by atoms with Crippen molar-refractivity contribution in [1.82, 2.24) is 0 Å². The summed E-state index contributed by atoms with van der Waals surface area (Å²) in [5.41, 5.74) is 2.41. The summed E-state index contributed by atoms with van der Waals surface area (Å²) in [6, 6.07) is 0. The first-order chi connectivity index (χ1) is 5.39. The van der Waals surface area contributed by atoms with Crippen LogP contribution in [0.2, 0.25) is 0 Å². The summed E-state index contributed by atoms with van der Waals surface area (Å²) in [4.78, 5) is 0. The molecule has 0 radical (unpaired) electrons. The van der Waals surface area contributed by atoms with E-state index in [9.17, 15) is 5.11 Å². The number of aliphatic hydroxyl groups is 1. The molecule has 0 bridgehead atoms. The monoisotopic (exact) mass is 168 g/mol. The largest absolute Gasteiger partial charge is 0.389 e. The molecular formula is C11H20O. The van der Waals surface area contributed by atoms with E-state index in [1.165, 1.54) is 11.1 Å². The van der Waals surface area contributed by atoms with Gasteiger partial charge in [0.25, 0.3) is 0 Å². The van der Waals surface area contributed by atoms with Gasteiger partial charge >= 0.3 is 0 Å². The van der Waals surface area contributed by atoms with Gasteiger partial charge in [0.2, 0.25) is 0 Å². The van der Waals surface area contributed by atoms with Crippen LogP contribution in [-0.2, 0) is 0 Å². The molecule has 0 aromatic heterocycles. The number of hydrogen-bond donors (Lipinski definition) is 1. The Morgan fingerprint density at radius 2 is 2.00 bits per heavy atom. The molecule has 1 aliphatic carbocycles. The van der Waals surface area contributed by atoms with Crippen LogP contribution in [0.3, 0.4) is 0 Å². The summed E-state index contributed by atoms with van der Waals surface area (Å²) in [7, 11) is 0. The Hall–Kier alpha value is -0.300. The van der Waals surface area contributed by atoms with Crippen LogP contribution >= 0.6 is 0 Å². The third-order valence-electron chi connectivity index (χ3n) is 3.39. The zero-order chi connectivity index (χ0) is 9.52. The molecule has 0 heterocycles. The van der Waals surface area contributed by atoms with E-state index in [1.54, 1.807) is 0 Å². The summed E-state index contributed by atoms with van der Waals surface area (Å²) < 4.78 is 0. The second kappa shape index (κ2) is 2.88. The standard InChI is InChI=1S/C11H20O/c1-7(2)10-6-11(12,8(3)4)9(10)5/h8-9,12H,6H2,1-5H3. The zero-order valence-corrected chi connectivity index (χ0v) is 8.81. The van der Waals surface area contributed by atoms with E-state index in [0.29, 0.717) is 11.8 Å². The minimum atomic E-state index is -0.424. The molecule has 1 aliphatic rings. The van der Waals surface area contributed by atoms with Crippen LogP contribution in [0.1, 0.15) is 41.0 Å². The van der Waals surface area contributed by atoms with Crippen LogP contribution in [0.5, 0.6) is 0 Å². The Morgan fingerprint density at radius 3 is 2.25 bits per heavy atom. The lowest BCUT2D eigenvalue weighted by Gasteiger charge is -2.50. The fraction of sp³-hybridized carbons (Fsp3) is 0.818. The molecule has 2 unspecified atom stereocenters. The fourth-order valence-corrected chi connectivity index (χ4v) is 2.10. The Morgan fingerprint density at radius 1 is 1.50 bits per heavy atom. The summed E-state index contributed by atoms with van der Waals surface area (Å²) in [5.74, 6) is 0.734. The summed E-state index contributed by atoms with van der Waals surface area (Å²) in [6.07, 6.45) is 0.883. The van der Waals surface area contributed by atoms with Gasteiger partial charge in [-0.1, -0.05) is 31.9 Å². The maximum atomic E-state index is 10.1. The van der Waals surface area contributed by atoms with Crippen LogP contribution in [0, 0.1) is 11.8 Å². The van der Waals surface area contributed by atoms with Gasteiger partial charge in [-0.05, 0) is 26.2 Å². The highest BCUT2D eigenvalue weighted by Gasteiger charge is 2.48. The van der Waals surface area contributed by atoms with E-state index in [-0.39, 0.29) is 0 Å². The molecule has 1 saturated carbocycles. The molecule has 1 heteroatoms. The van der Waals surface area contributed by atoms with Gasteiger partial charge in [-0.25, -0.2) is 0 Å². The van der Waals surface area contributed by atoms with Crippen LogP contribution in [-0.4, -0.2) is 10.7 Å². The molecular weight excluding hydrogens is 148 g/mol. The molecule has 1 fully saturated rings. The second-order valence-electron chi connectivity index (χ2n) is 4.57. The topological polar surface area (TPSA) is 20.2 Å². The van der Waals surface area contributed by atoms with E-state index < -0.39 is 5.60 Å². The summed E-state index contributed by atoms with van der Waals surface area (Å²) in [5, 5.41) is 10.1. The highest BCUT2D eigenvalue weighted by atomic mass is 16.3. The Labute approximate surface area is 75.5 Å². The first-order valence-electron chi connectivity index (χ1n) is 4.78. The molecule has 0 aliphatic heterocycles. The first kappa shape index (κ1) is 9.79. The average Bonchev–Trinajstić information content (AvgIpc) is 1.97. The van der Waals surface area contributed by atoms with E-state index in [2.05, 4.69) is 34.6 Å². The summed E-state index contributed by atoms with van der Waals surface area (Å²) >= 11 is 0. The quantitative estimate of drug-likeness (QED) is 0.597. The van der Waals surface area contributed by atoms with E-state index in [0.717, 1.165) is 6.42 Å². The van der Waals surface area contributed by atoms with Gasteiger partial charge in [0, 0.05) is 5.92 Å². The fourth-order valence-electron chi connectivity index (χ4n) is 2.10. The third-order valence-corrected chi connectivity index (χ3v) is 3.39. The maximum absolute atomic E-state index is 10.1.